The molecule has 150 valence electrons. The minimum absolute atomic E-state index is 0.0160. The van der Waals surface area contributed by atoms with E-state index < -0.39 is 34.6 Å². The van der Waals surface area contributed by atoms with Gasteiger partial charge in [0.1, 0.15) is 0 Å². The highest BCUT2D eigenvalue weighted by molar-refractivity contribution is 7.89. The largest absolute Gasteiger partial charge is 0.454 e. The van der Waals surface area contributed by atoms with Crippen molar-refractivity contribution in [3.05, 3.63) is 23.2 Å². The number of nitrogens with one attached hydrogen (secondary N) is 1. The maximum Gasteiger partial charge on any atom is 0.335 e. The van der Waals surface area contributed by atoms with Crippen LogP contribution in [0.4, 0.5) is 5.69 Å². The predicted octanol–water partition coefficient (Wildman–Crippen LogP) is 2.03. The number of halogens is 1. The Morgan fingerprint density at radius 3 is 2.63 bits per heavy atom. The summed E-state index contributed by atoms with van der Waals surface area (Å²) in [7, 11) is -3.69. The highest BCUT2D eigenvalue weighted by atomic mass is 35.5. The van der Waals surface area contributed by atoms with E-state index in [1.807, 2.05) is 0 Å². The Labute approximate surface area is 163 Å². The number of ether oxygens (including phenoxy) is 2. The zero-order valence-electron chi connectivity index (χ0n) is 15.2. The van der Waals surface area contributed by atoms with Gasteiger partial charge in [-0.25, -0.2) is 13.2 Å². The molecule has 1 N–H and O–H groups in total. The van der Waals surface area contributed by atoms with Crippen LogP contribution in [0.2, 0.25) is 5.02 Å². The Balaban J connectivity index is 2.05. The zero-order valence-corrected chi connectivity index (χ0v) is 16.8. The molecule has 1 aromatic carbocycles. The monoisotopic (exact) mass is 418 g/mol. The van der Waals surface area contributed by atoms with Crippen LogP contribution in [0.5, 0.6) is 0 Å². The first-order chi connectivity index (χ1) is 12.8. The molecule has 0 spiro atoms. The highest BCUT2D eigenvalue weighted by Gasteiger charge is 2.26. The summed E-state index contributed by atoms with van der Waals surface area (Å²) in [5.41, 5.74) is 0.128. The topological polar surface area (TPSA) is 102 Å². The van der Waals surface area contributed by atoms with Crippen molar-refractivity contribution < 1.29 is 27.5 Å². The van der Waals surface area contributed by atoms with E-state index in [4.69, 9.17) is 21.1 Å². The summed E-state index contributed by atoms with van der Waals surface area (Å²) in [5.74, 6) is -1.22. The Morgan fingerprint density at radius 1 is 1.33 bits per heavy atom. The lowest BCUT2D eigenvalue weighted by Gasteiger charge is -2.19. The van der Waals surface area contributed by atoms with E-state index in [0.717, 1.165) is 6.42 Å². The van der Waals surface area contributed by atoms with E-state index >= 15 is 0 Å². The van der Waals surface area contributed by atoms with E-state index in [1.165, 1.54) is 22.5 Å². The van der Waals surface area contributed by atoms with Gasteiger partial charge in [-0.3, -0.25) is 4.79 Å². The van der Waals surface area contributed by atoms with Crippen molar-refractivity contribution in [1.29, 1.82) is 0 Å². The van der Waals surface area contributed by atoms with Crippen molar-refractivity contribution in [3.63, 3.8) is 0 Å². The number of sulfonamides is 1. The molecule has 1 saturated heterocycles. The first-order valence-corrected chi connectivity index (χ1v) is 10.5. The van der Waals surface area contributed by atoms with Gasteiger partial charge in [0.15, 0.2) is 12.7 Å². The number of carbonyl (C=O) groups excluding carboxylic acids is 2. The number of rotatable bonds is 8. The van der Waals surface area contributed by atoms with Gasteiger partial charge in [-0.15, -0.1) is 0 Å². The highest BCUT2D eigenvalue weighted by Crippen LogP contribution is 2.27. The van der Waals surface area contributed by atoms with Crippen LogP contribution in [-0.4, -0.2) is 57.0 Å². The molecule has 0 aromatic heterocycles. The molecule has 1 fully saturated rings. The fraction of sp³-hybridized carbons (Fsp3) is 0.529. The maximum atomic E-state index is 12.6. The van der Waals surface area contributed by atoms with Gasteiger partial charge in [0, 0.05) is 19.7 Å². The van der Waals surface area contributed by atoms with Gasteiger partial charge in [0.2, 0.25) is 10.0 Å². The maximum absolute atomic E-state index is 12.6. The van der Waals surface area contributed by atoms with E-state index in [9.17, 15) is 18.0 Å². The van der Waals surface area contributed by atoms with E-state index in [2.05, 4.69) is 5.32 Å². The molecule has 8 nitrogen and oxygen atoms in total. The molecule has 0 aliphatic carbocycles. The summed E-state index contributed by atoms with van der Waals surface area (Å²) in [6.45, 7) is 4.10. The molecule has 27 heavy (non-hydrogen) atoms. The van der Waals surface area contributed by atoms with Crippen LogP contribution in [0.3, 0.4) is 0 Å². The van der Waals surface area contributed by atoms with E-state index in [0.29, 0.717) is 26.1 Å². The smallest absolute Gasteiger partial charge is 0.335 e. The quantitative estimate of drug-likeness (QED) is 0.648. The Kier molecular flexibility index (Phi) is 7.60. The summed E-state index contributed by atoms with van der Waals surface area (Å²) >= 11 is 6.05. The SMILES string of the molecule is CCN(CC)S(=O)(=O)c1ccc(Cl)c(NC(=O)COC(=O)[C@@H]2CCCO2)c1. The summed E-state index contributed by atoms with van der Waals surface area (Å²) in [6, 6.07) is 4.06. The van der Waals surface area contributed by atoms with E-state index in [1.54, 1.807) is 13.8 Å². The second-order valence-electron chi connectivity index (χ2n) is 5.89. The Morgan fingerprint density at radius 2 is 2.04 bits per heavy atom. The van der Waals surface area contributed by atoms with Crippen LogP contribution < -0.4 is 5.32 Å². The van der Waals surface area contributed by atoms with Gasteiger partial charge in [-0.1, -0.05) is 25.4 Å². The molecular formula is C17H23ClN2O6S. The van der Waals surface area contributed by atoms with Crippen molar-refractivity contribution in [3.8, 4) is 0 Å². The van der Waals surface area contributed by atoms with Gasteiger partial charge < -0.3 is 14.8 Å². The summed E-state index contributed by atoms with van der Waals surface area (Å²) in [6.07, 6.45) is 0.705. The standard InChI is InChI=1S/C17H23ClN2O6S/c1-3-20(4-2)27(23,24)12-7-8-13(18)14(10-12)19-16(21)11-26-17(22)15-6-5-9-25-15/h7-8,10,15H,3-6,9,11H2,1-2H3,(H,19,21)/t15-/m0/s1. The van der Waals surface area contributed by atoms with Crippen LogP contribution in [0.25, 0.3) is 0 Å². The van der Waals surface area contributed by atoms with Gasteiger partial charge in [-0.2, -0.15) is 4.31 Å². The lowest BCUT2D eigenvalue weighted by atomic mass is 10.2. The normalized spacial score (nSPS) is 17.1. The van der Waals surface area contributed by atoms with Crippen molar-refractivity contribution in [2.45, 2.75) is 37.7 Å². The molecule has 1 heterocycles. The molecule has 1 atom stereocenters. The number of hydrogen-bond acceptors (Lipinski definition) is 6. The van der Waals surface area contributed by atoms with Crippen LogP contribution in [0.15, 0.2) is 23.1 Å². The van der Waals surface area contributed by atoms with Gasteiger partial charge in [-0.05, 0) is 31.0 Å². The van der Waals surface area contributed by atoms with Crippen LogP contribution in [0.1, 0.15) is 26.7 Å². The lowest BCUT2D eigenvalue weighted by Crippen LogP contribution is -2.30. The molecule has 10 heteroatoms. The second-order valence-corrected chi connectivity index (χ2v) is 8.23. The molecular weight excluding hydrogens is 396 g/mol. The summed E-state index contributed by atoms with van der Waals surface area (Å²) in [4.78, 5) is 23.8. The third kappa shape index (κ3) is 5.41. The van der Waals surface area contributed by atoms with Crippen LogP contribution >= 0.6 is 11.6 Å². The third-order valence-electron chi connectivity index (χ3n) is 4.09. The lowest BCUT2D eigenvalue weighted by molar-refractivity contribution is -0.156. The number of amides is 1. The predicted molar refractivity (Wildman–Crippen MR) is 100 cm³/mol. The Bertz CT molecular complexity index is 789. The second kappa shape index (κ2) is 9.50. The molecule has 1 amide bonds. The number of carbonyl (C=O) groups is 2. The number of nitrogens with zero attached hydrogens (tertiary/aromatic N) is 1. The fourth-order valence-corrected chi connectivity index (χ4v) is 4.30. The molecule has 2 rings (SSSR count). The minimum Gasteiger partial charge on any atom is -0.454 e. The van der Waals surface area contributed by atoms with Crippen molar-refractivity contribution in [2.75, 3.05) is 31.6 Å². The average molecular weight is 419 g/mol. The first kappa shape index (κ1) is 21.6. The van der Waals surface area contributed by atoms with Gasteiger partial charge in [0.25, 0.3) is 5.91 Å². The molecule has 0 saturated carbocycles. The zero-order chi connectivity index (χ0) is 20.0. The fourth-order valence-electron chi connectivity index (χ4n) is 2.65. The third-order valence-corrected chi connectivity index (χ3v) is 6.47. The molecule has 0 bridgehead atoms. The Hall–Kier alpha value is -1.68. The van der Waals surface area contributed by atoms with Gasteiger partial charge in [0.05, 0.1) is 15.6 Å². The summed E-state index contributed by atoms with van der Waals surface area (Å²) in [5, 5.41) is 2.65. The number of hydrogen-bond donors (Lipinski definition) is 1. The van der Waals surface area contributed by atoms with Crippen molar-refractivity contribution in [1.82, 2.24) is 4.31 Å². The summed E-state index contributed by atoms with van der Waals surface area (Å²) < 4.78 is 36.6. The minimum atomic E-state index is -3.69. The van der Waals surface area contributed by atoms with Crippen LogP contribution in [-0.2, 0) is 29.1 Å². The number of benzene rings is 1. The molecule has 0 radical (unpaired) electrons. The van der Waals surface area contributed by atoms with Crippen LogP contribution in [0, 0.1) is 0 Å². The van der Waals surface area contributed by atoms with Gasteiger partial charge >= 0.3 is 5.97 Å². The molecule has 1 aromatic rings. The number of esters is 1. The van der Waals surface area contributed by atoms with Crippen molar-refractivity contribution >= 4 is 39.2 Å². The molecule has 0 unspecified atom stereocenters. The molecule has 1 aliphatic rings. The number of anilines is 1. The van der Waals surface area contributed by atoms with Crippen molar-refractivity contribution in [2.24, 2.45) is 0 Å². The average Bonchev–Trinajstić information content (AvgIpc) is 3.17. The molecule has 1 aliphatic heterocycles. The van der Waals surface area contributed by atoms with E-state index in [-0.39, 0.29) is 15.6 Å². The first-order valence-electron chi connectivity index (χ1n) is 8.67.